The number of hydrogen-bond donors (Lipinski definition) is 0. The van der Waals surface area contributed by atoms with Gasteiger partial charge in [-0.15, -0.1) is 0 Å². The minimum Gasteiger partial charge on any atom is -0.495 e. The minimum atomic E-state index is 0.130. The number of nitrogens with zero attached hydrogens (tertiary/aromatic N) is 3. The van der Waals surface area contributed by atoms with Gasteiger partial charge in [-0.25, -0.2) is 0 Å². The molecule has 5 heteroatoms. The van der Waals surface area contributed by atoms with Crippen LogP contribution < -0.4 is 9.64 Å². The second kappa shape index (κ2) is 8.92. The SMILES string of the molecule is COc1ccccc1N1CCN(CCN2C(=O)c3ccccc3C2=CC(C)C)CC1. The molecule has 2 aliphatic rings. The van der Waals surface area contributed by atoms with E-state index in [1.807, 2.05) is 35.2 Å². The van der Waals surface area contributed by atoms with Crippen LogP contribution in [-0.4, -0.2) is 62.1 Å². The third-order valence-corrected chi connectivity index (χ3v) is 5.90. The Morgan fingerprint density at radius 1 is 0.933 bits per heavy atom. The third kappa shape index (κ3) is 4.08. The summed E-state index contributed by atoms with van der Waals surface area (Å²) in [5.41, 5.74) is 4.12. The van der Waals surface area contributed by atoms with Crippen LogP contribution in [0.2, 0.25) is 0 Å². The zero-order valence-corrected chi connectivity index (χ0v) is 18.2. The highest BCUT2D eigenvalue weighted by molar-refractivity contribution is 6.09. The molecule has 1 fully saturated rings. The first-order valence-electron chi connectivity index (χ1n) is 10.8. The molecule has 1 amide bonds. The number of carbonyl (C=O) groups excluding carboxylic acids is 1. The van der Waals surface area contributed by atoms with Gasteiger partial charge < -0.3 is 14.5 Å². The quantitative estimate of drug-likeness (QED) is 0.729. The third-order valence-electron chi connectivity index (χ3n) is 5.90. The first kappa shape index (κ1) is 20.5. The van der Waals surface area contributed by atoms with Crippen LogP contribution in [-0.2, 0) is 0 Å². The van der Waals surface area contributed by atoms with E-state index in [1.54, 1.807) is 7.11 Å². The summed E-state index contributed by atoms with van der Waals surface area (Å²) in [6.45, 7) is 9.82. The van der Waals surface area contributed by atoms with Crippen LogP contribution in [0.3, 0.4) is 0 Å². The largest absolute Gasteiger partial charge is 0.495 e. The molecule has 0 aromatic heterocycles. The van der Waals surface area contributed by atoms with Crippen molar-refractivity contribution < 1.29 is 9.53 Å². The number of piperazine rings is 1. The van der Waals surface area contributed by atoms with Gasteiger partial charge in [0.25, 0.3) is 5.91 Å². The van der Waals surface area contributed by atoms with E-state index in [9.17, 15) is 4.79 Å². The van der Waals surface area contributed by atoms with E-state index >= 15 is 0 Å². The van der Waals surface area contributed by atoms with Crippen molar-refractivity contribution in [1.29, 1.82) is 0 Å². The maximum atomic E-state index is 13.0. The van der Waals surface area contributed by atoms with Gasteiger partial charge in [-0.05, 0) is 24.1 Å². The number of hydrogen-bond acceptors (Lipinski definition) is 4. The van der Waals surface area contributed by atoms with Crippen LogP contribution >= 0.6 is 0 Å². The van der Waals surface area contributed by atoms with E-state index in [1.165, 1.54) is 0 Å². The number of methoxy groups -OCH3 is 1. The first-order valence-corrected chi connectivity index (χ1v) is 10.8. The number of amides is 1. The van der Waals surface area contributed by atoms with Crippen LogP contribution in [0.4, 0.5) is 5.69 Å². The molecular formula is C25H31N3O2. The fraction of sp³-hybridized carbons (Fsp3) is 0.400. The lowest BCUT2D eigenvalue weighted by atomic mass is 10.1. The van der Waals surface area contributed by atoms with Crippen LogP contribution in [0.15, 0.2) is 54.6 Å². The monoisotopic (exact) mass is 405 g/mol. The van der Waals surface area contributed by atoms with Gasteiger partial charge in [0.15, 0.2) is 0 Å². The van der Waals surface area contributed by atoms with E-state index in [2.05, 4.69) is 47.9 Å². The molecule has 4 rings (SSSR count). The van der Waals surface area contributed by atoms with Crippen molar-refractivity contribution in [3.63, 3.8) is 0 Å². The molecule has 0 bridgehead atoms. The van der Waals surface area contributed by atoms with Gasteiger partial charge in [0.1, 0.15) is 5.75 Å². The van der Waals surface area contributed by atoms with Gasteiger partial charge in [-0.3, -0.25) is 9.69 Å². The minimum absolute atomic E-state index is 0.130. The molecule has 0 atom stereocenters. The Labute approximate surface area is 179 Å². The Morgan fingerprint density at radius 3 is 2.30 bits per heavy atom. The summed E-state index contributed by atoms with van der Waals surface area (Å²) >= 11 is 0. The van der Waals surface area contributed by atoms with Gasteiger partial charge in [0.05, 0.1) is 12.8 Å². The van der Waals surface area contributed by atoms with Crippen LogP contribution in [0, 0.1) is 5.92 Å². The molecule has 2 aromatic carbocycles. The van der Waals surface area contributed by atoms with Gasteiger partial charge in [0.2, 0.25) is 0 Å². The lowest BCUT2D eigenvalue weighted by Gasteiger charge is -2.37. The summed E-state index contributed by atoms with van der Waals surface area (Å²) in [7, 11) is 1.72. The second-order valence-corrected chi connectivity index (χ2v) is 8.30. The predicted octanol–water partition coefficient (Wildman–Crippen LogP) is 3.97. The van der Waals surface area contributed by atoms with Crippen molar-refractivity contribution >= 4 is 17.3 Å². The number of allylic oxidation sites excluding steroid dienone is 1. The Bertz CT molecular complexity index is 929. The molecule has 2 aliphatic heterocycles. The average molecular weight is 406 g/mol. The number of benzene rings is 2. The summed E-state index contributed by atoms with van der Waals surface area (Å²) in [6, 6.07) is 16.2. The van der Waals surface area contributed by atoms with Gasteiger partial charge in [-0.2, -0.15) is 0 Å². The fourth-order valence-corrected chi connectivity index (χ4v) is 4.36. The molecule has 158 valence electrons. The molecule has 0 spiro atoms. The lowest BCUT2D eigenvalue weighted by Crippen LogP contribution is -2.48. The number of para-hydroxylation sites is 2. The summed E-state index contributed by atoms with van der Waals surface area (Å²) in [5.74, 6) is 1.45. The maximum Gasteiger partial charge on any atom is 0.259 e. The molecule has 0 unspecified atom stereocenters. The lowest BCUT2D eigenvalue weighted by molar-refractivity contribution is 0.0835. The molecule has 1 saturated heterocycles. The summed E-state index contributed by atoms with van der Waals surface area (Å²) in [4.78, 5) is 19.8. The maximum absolute atomic E-state index is 13.0. The number of rotatable bonds is 6. The van der Waals surface area contributed by atoms with Crippen molar-refractivity contribution in [2.75, 3.05) is 51.3 Å². The highest BCUT2D eigenvalue weighted by Crippen LogP contribution is 2.33. The first-order chi connectivity index (χ1) is 14.6. The van der Waals surface area contributed by atoms with Gasteiger partial charge in [0, 0.05) is 56.1 Å². The number of anilines is 1. The van der Waals surface area contributed by atoms with Crippen molar-refractivity contribution in [1.82, 2.24) is 9.80 Å². The Kier molecular flexibility index (Phi) is 6.09. The zero-order chi connectivity index (χ0) is 21.1. The Balaban J connectivity index is 1.39. The molecule has 0 radical (unpaired) electrons. The standard InChI is InChI=1S/C25H31N3O2/c1-19(2)18-23-20-8-4-5-9-21(20)25(29)28(23)17-14-26-12-15-27(16-13-26)22-10-6-7-11-24(22)30-3/h4-11,18-19H,12-17H2,1-3H3. The average Bonchev–Trinajstić information content (AvgIpc) is 3.03. The van der Waals surface area contributed by atoms with E-state index in [0.29, 0.717) is 5.92 Å². The summed E-state index contributed by atoms with van der Waals surface area (Å²) < 4.78 is 5.52. The molecule has 2 aromatic rings. The normalized spacial score (nSPS) is 18.4. The van der Waals surface area contributed by atoms with Crippen LogP contribution in [0.25, 0.3) is 5.70 Å². The van der Waals surface area contributed by atoms with E-state index < -0.39 is 0 Å². The topological polar surface area (TPSA) is 36.0 Å². The highest BCUT2D eigenvalue weighted by Gasteiger charge is 2.32. The van der Waals surface area contributed by atoms with Gasteiger partial charge in [-0.1, -0.05) is 50.3 Å². The number of fused-ring (bicyclic) bond motifs is 1. The summed E-state index contributed by atoms with van der Waals surface area (Å²) in [6.07, 6.45) is 2.21. The molecule has 5 nitrogen and oxygen atoms in total. The zero-order valence-electron chi connectivity index (χ0n) is 18.2. The van der Waals surface area contributed by atoms with Crippen molar-refractivity contribution in [3.8, 4) is 5.75 Å². The van der Waals surface area contributed by atoms with Crippen molar-refractivity contribution in [3.05, 3.63) is 65.7 Å². The van der Waals surface area contributed by atoms with Crippen molar-refractivity contribution in [2.24, 2.45) is 5.92 Å². The van der Waals surface area contributed by atoms with E-state index in [4.69, 9.17) is 4.74 Å². The molecule has 2 heterocycles. The van der Waals surface area contributed by atoms with Crippen molar-refractivity contribution in [2.45, 2.75) is 13.8 Å². The Morgan fingerprint density at radius 2 is 1.60 bits per heavy atom. The molecule has 30 heavy (non-hydrogen) atoms. The van der Waals surface area contributed by atoms with E-state index in [0.717, 1.165) is 67.5 Å². The second-order valence-electron chi connectivity index (χ2n) is 8.30. The smallest absolute Gasteiger partial charge is 0.259 e. The summed E-state index contributed by atoms with van der Waals surface area (Å²) in [5, 5.41) is 0. The van der Waals surface area contributed by atoms with Gasteiger partial charge >= 0.3 is 0 Å². The number of ether oxygens (including phenoxy) is 1. The number of carbonyl (C=O) groups is 1. The molecule has 0 saturated carbocycles. The highest BCUT2D eigenvalue weighted by atomic mass is 16.5. The predicted molar refractivity (Wildman–Crippen MR) is 122 cm³/mol. The van der Waals surface area contributed by atoms with Crippen LogP contribution in [0.5, 0.6) is 5.75 Å². The molecule has 0 N–H and O–H groups in total. The fourth-order valence-electron chi connectivity index (χ4n) is 4.36. The van der Waals surface area contributed by atoms with E-state index in [-0.39, 0.29) is 5.91 Å². The molecular weight excluding hydrogens is 374 g/mol. The van der Waals surface area contributed by atoms with Crippen LogP contribution in [0.1, 0.15) is 29.8 Å². The molecule has 0 aliphatic carbocycles. The Hall–Kier alpha value is -2.79.